The number of hydrogen-bond donors (Lipinski definition) is 0. The van der Waals surface area contributed by atoms with E-state index in [1.54, 1.807) is 0 Å². The monoisotopic (exact) mass is 372 g/mol. The maximum absolute atomic E-state index is 12.2. The average Bonchev–Trinajstić information content (AvgIpc) is 2.42. The molecular weight excluding hydrogens is 336 g/mol. The standard InChI is InChI=1S/C18H36N2O4Si/c1-8-9-10-23-17(21)19-20-18(22)24-25(11-14(2)3,12-15(4)5)13-16(6)7/h14-16H,8-13H2,1-7H3. The minimum absolute atomic E-state index is 0.288. The van der Waals surface area contributed by atoms with E-state index >= 15 is 0 Å². The molecule has 0 spiro atoms. The van der Waals surface area contributed by atoms with Crippen LogP contribution in [0.4, 0.5) is 9.59 Å². The van der Waals surface area contributed by atoms with E-state index in [0.29, 0.717) is 17.8 Å². The third-order valence-corrected chi connectivity index (χ3v) is 8.87. The first kappa shape index (κ1) is 23.8. The van der Waals surface area contributed by atoms with Gasteiger partial charge in [-0.05, 0) is 42.3 Å². The molecule has 0 aliphatic carbocycles. The first-order valence-corrected chi connectivity index (χ1v) is 11.9. The number of hydrogen-bond acceptors (Lipinski definition) is 4. The molecule has 0 N–H and O–H groups in total. The van der Waals surface area contributed by atoms with Gasteiger partial charge in [-0.2, -0.15) is 0 Å². The molecule has 0 rings (SSSR count). The molecule has 0 aliphatic heterocycles. The highest BCUT2D eigenvalue weighted by Crippen LogP contribution is 2.33. The van der Waals surface area contributed by atoms with Crippen LogP contribution in [0.15, 0.2) is 10.2 Å². The predicted octanol–water partition coefficient (Wildman–Crippen LogP) is 6.43. The quantitative estimate of drug-likeness (QED) is 0.251. The van der Waals surface area contributed by atoms with Crippen LogP contribution in [-0.2, 0) is 9.16 Å². The van der Waals surface area contributed by atoms with Crippen molar-refractivity contribution in [2.24, 2.45) is 28.0 Å². The third kappa shape index (κ3) is 11.9. The van der Waals surface area contributed by atoms with E-state index < -0.39 is 20.5 Å². The summed E-state index contributed by atoms with van der Waals surface area (Å²) in [5.41, 5.74) is 0. The van der Waals surface area contributed by atoms with E-state index in [2.05, 4.69) is 51.8 Å². The number of ether oxygens (including phenoxy) is 1. The van der Waals surface area contributed by atoms with Crippen molar-refractivity contribution in [2.45, 2.75) is 79.4 Å². The van der Waals surface area contributed by atoms with Crippen molar-refractivity contribution >= 4 is 20.5 Å². The molecule has 25 heavy (non-hydrogen) atoms. The molecule has 7 heteroatoms. The molecule has 0 heterocycles. The lowest BCUT2D eigenvalue weighted by molar-refractivity contribution is 0.152. The van der Waals surface area contributed by atoms with Crippen molar-refractivity contribution in [1.82, 2.24) is 0 Å². The second kappa shape index (κ2) is 12.2. The van der Waals surface area contributed by atoms with Crippen molar-refractivity contribution in [3.8, 4) is 0 Å². The minimum atomic E-state index is -2.31. The Kier molecular flexibility index (Phi) is 11.6. The van der Waals surface area contributed by atoms with E-state index in [-0.39, 0.29) is 6.61 Å². The van der Waals surface area contributed by atoms with E-state index in [1.165, 1.54) is 0 Å². The molecule has 0 aromatic heterocycles. The van der Waals surface area contributed by atoms with Gasteiger partial charge in [0.15, 0.2) is 0 Å². The molecule has 0 fully saturated rings. The van der Waals surface area contributed by atoms with Crippen molar-refractivity contribution in [3.05, 3.63) is 0 Å². The molecule has 0 unspecified atom stereocenters. The molecular formula is C18H36N2O4Si. The summed E-state index contributed by atoms with van der Waals surface area (Å²) in [7, 11) is -2.31. The van der Waals surface area contributed by atoms with Gasteiger partial charge in [0, 0.05) is 0 Å². The van der Waals surface area contributed by atoms with Crippen molar-refractivity contribution < 1.29 is 18.8 Å². The summed E-state index contributed by atoms with van der Waals surface area (Å²) < 4.78 is 10.7. The summed E-state index contributed by atoms with van der Waals surface area (Å²) in [6.45, 7) is 15.1. The van der Waals surface area contributed by atoms with Crippen molar-refractivity contribution in [3.63, 3.8) is 0 Å². The average molecular weight is 373 g/mol. The summed E-state index contributed by atoms with van der Waals surface area (Å²) in [5.74, 6) is 1.31. The zero-order valence-corrected chi connectivity index (χ0v) is 18.0. The first-order valence-electron chi connectivity index (χ1n) is 9.41. The predicted molar refractivity (Wildman–Crippen MR) is 102 cm³/mol. The second-order valence-electron chi connectivity index (χ2n) is 8.01. The number of amides is 2. The van der Waals surface area contributed by atoms with Gasteiger partial charge in [-0.3, -0.25) is 0 Å². The minimum Gasteiger partial charge on any atom is -0.501 e. The van der Waals surface area contributed by atoms with Gasteiger partial charge in [-0.25, -0.2) is 9.59 Å². The Labute approximate surface area is 153 Å². The Balaban J connectivity index is 5.01. The lowest BCUT2D eigenvalue weighted by Crippen LogP contribution is -2.43. The fraction of sp³-hybridized carbons (Fsp3) is 0.889. The smallest absolute Gasteiger partial charge is 0.452 e. The molecule has 0 saturated heterocycles. The van der Waals surface area contributed by atoms with Crippen LogP contribution in [0.25, 0.3) is 0 Å². The molecule has 0 radical (unpaired) electrons. The van der Waals surface area contributed by atoms with Crippen molar-refractivity contribution in [1.29, 1.82) is 0 Å². The number of azo groups is 1. The number of carbonyl (C=O) groups excluding carboxylic acids is 2. The Morgan fingerprint density at radius 2 is 1.28 bits per heavy atom. The zero-order chi connectivity index (χ0) is 19.5. The Morgan fingerprint density at radius 3 is 1.68 bits per heavy atom. The Hall–Kier alpha value is -1.24. The van der Waals surface area contributed by atoms with Gasteiger partial charge in [0.2, 0.25) is 0 Å². The SMILES string of the molecule is CCCCOC(=O)N=NC(=O)O[Si](CC(C)C)(CC(C)C)CC(C)C. The molecule has 0 atom stereocenters. The van der Waals surface area contributed by atoms with Crippen LogP contribution in [0.2, 0.25) is 18.1 Å². The van der Waals surface area contributed by atoms with Crippen LogP contribution in [0.5, 0.6) is 0 Å². The van der Waals surface area contributed by atoms with Crippen LogP contribution >= 0.6 is 0 Å². The summed E-state index contributed by atoms with van der Waals surface area (Å²) in [5, 5.41) is 6.76. The number of carbonyl (C=O) groups is 2. The molecule has 0 bridgehead atoms. The van der Waals surface area contributed by atoms with E-state index in [1.807, 2.05) is 6.92 Å². The lowest BCUT2D eigenvalue weighted by atomic mass is 10.2. The lowest BCUT2D eigenvalue weighted by Gasteiger charge is -2.34. The van der Waals surface area contributed by atoms with Crippen LogP contribution in [0, 0.1) is 17.8 Å². The largest absolute Gasteiger partial charge is 0.501 e. The molecule has 0 aromatic rings. The molecule has 0 saturated carbocycles. The van der Waals surface area contributed by atoms with E-state index in [4.69, 9.17) is 9.16 Å². The number of rotatable bonds is 10. The first-order chi connectivity index (χ1) is 11.6. The van der Waals surface area contributed by atoms with Crippen LogP contribution in [0.1, 0.15) is 61.3 Å². The Morgan fingerprint density at radius 1 is 0.840 bits per heavy atom. The highest BCUT2D eigenvalue weighted by Gasteiger charge is 2.40. The Bertz CT molecular complexity index is 410. The molecule has 146 valence electrons. The highest BCUT2D eigenvalue weighted by atomic mass is 28.4. The van der Waals surface area contributed by atoms with Gasteiger partial charge in [-0.1, -0.05) is 65.1 Å². The molecule has 0 aromatic carbocycles. The van der Waals surface area contributed by atoms with Gasteiger partial charge in [0.1, 0.15) is 0 Å². The maximum atomic E-state index is 12.2. The summed E-state index contributed by atoms with van der Waals surface area (Å²) in [6.07, 6.45) is 0.0781. The zero-order valence-electron chi connectivity index (χ0n) is 17.0. The van der Waals surface area contributed by atoms with Crippen LogP contribution in [-0.4, -0.2) is 27.1 Å². The third-order valence-electron chi connectivity index (χ3n) is 3.58. The van der Waals surface area contributed by atoms with E-state index in [0.717, 1.165) is 31.0 Å². The number of unbranched alkanes of at least 4 members (excludes halogenated alkanes) is 1. The summed E-state index contributed by atoms with van der Waals surface area (Å²) >= 11 is 0. The van der Waals surface area contributed by atoms with Crippen LogP contribution in [0.3, 0.4) is 0 Å². The fourth-order valence-electron chi connectivity index (χ4n) is 3.23. The van der Waals surface area contributed by atoms with Gasteiger partial charge < -0.3 is 9.16 Å². The summed E-state index contributed by atoms with van der Waals surface area (Å²) in [6, 6.07) is 2.68. The highest BCUT2D eigenvalue weighted by molar-refractivity contribution is 6.75. The van der Waals surface area contributed by atoms with Gasteiger partial charge in [0.25, 0.3) is 8.32 Å². The number of nitrogens with zero attached hydrogens (tertiary/aromatic N) is 2. The van der Waals surface area contributed by atoms with Gasteiger partial charge >= 0.3 is 12.2 Å². The maximum Gasteiger partial charge on any atom is 0.452 e. The van der Waals surface area contributed by atoms with E-state index in [9.17, 15) is 9.59 Å². The molecule has 2 amide bonds. The topological polar surface area (TPSA) is 77.3 Å². The molecule has 6 nitrogen and oxygen atoms in total. The summed E-state index contributed by atoms with van der Waals surface area (Å²) in [4.78, 5) is 23.6. The second-order valence-corrected chi connectivity index (χ2v) is 11.8. The normalized spacial score (nSPS) is 12.4. The van der Waals surface area contributed by atoms with Crippen molar-refractivity contribution in [2.75, 3.05) is 6.61 Å². The van der Waals surface area contributed by atoms with Crippen LogP contribution < -0.4 is 0 Å². The van der Waals surface area contributed by atoms with Gasteiger partial charge in [-0.15, -0.1) is 0 Å². The van der Waals surface area contributed by atoms with Gasteiger partial charge in [0.05, 0.1) is 6.61 Å². The fourth-order valence-corrected chi connectivity index (χ4v) is 8.85. The molecule has 0 aliphatic rings.